The number of pyridine rings is 1. The van der Waals surface area contributed by atoms with E-state index in [4.69, 9.17) is 18.9 Å². The Morgan fingerprint density at radius 3 is 2.48 bits per heavy atom. The van der Waals surface area contributed by atoms with E-state index < -0.39 is 11.2 Å². The molecule has 1 aromatic heterocycles. The highest BCUT2D eigenvalue weighted by atomic mass is 16.6. The van der Waals surface area contributed by atoms with Gasteiger partial charge in [-0.25, -0.2) is 0 Å². The number of rotatable bonds is 1. The highest BCUT2D eigenvalue weighted by Crippen LogP contribution is 2.62. The number of aromatic nitrogens is 1. The minimum Gasteiger partial charge on any atom is -0.497 e. The summed E-state index contributed by atoms with van der Waals surface area (Å²) in [5, 5.41) is 0. The van der Waals surface area contributed by atoms with Crippen molar-refractivity contribution in [2.24, 2.45) is 0 Å². The van der Waals surface area contributed by atoms with Crippen LogP contribution in [0.15, 0.2) is 48.2 Å². The summed E-state index contributed by atoms with van der Waals surface area (Å²) in [7, 11) is 1.63. The summed E-state index contributed by atoms with van der Waals surface area (Å²) in [6, 6.07) is 7.50. The van der Waals surface area contributed by atoms with Gasteiger partial charge in [0, 0.05) is 29.6 Å². The fraction of sp³-hybridized carbons (Fsp3) is 0.278. The van der Waals surface area contributed by atoms with Crippen LogP contribution in [0.4, 0.5) is 0 Å². The minimum atomic E-state index is -0.675. The van der Waals surface area contributed by atoms with Gasteiger partial charge in [0.25, 0.3) is 0 Å². The van der Waals surface area contributed by atoms with E-state index in [1.807, 2.05) is 44.3 Å². The molecule has 0 N–H and O–H groups in total. The standard InChI is InChI=1S/C18H15NO4/c1-17-11-6-7-19-9-12(11)18(2,23-17)16-15(17)22-14-8-10(20-3)4-5-13(14)21-16/h4-9H,1-3H3. The van der Waals surface area contributed by atoms with Gasteiger partial charge in [0.1, 0.15) is 5.75 Å². The zero-order valence-corrected chi connectivity index (χ0v) is 13.0. The van der Waals surface area contributed by atoms with Crippen molar-refractivity contribution in [3.05, 3.63) is 59.3 Å². The Morgan fingerprint density at radius 2 is 1.70 bits per heavy atom. The Bertz CT molecular complexity index is 890. The van der Waals surface area contributed by atoms with Crippen molar-refractivity contribution in [2.45, 2.75) is 25.0 Å². The lowest BCUT2D eigenvalue weighted by Gasteiger charge is -2.31. The van der Waals surface area contributed by atoms with Crippen LogP contribution in [-0.2, 0) is 15.9 Å². The number of fused-ring (bicyclic) bond motifs is 8. The van der Waals surface area contributed by atoms with Gasteiger partial charge in [-0.1, -0.05) is 0 Å². The van der Waals surface area contributed by atoms with Gasteiger partial charge < -0.3 is 18.9 Å². The van der Waals surface area contributed by atoms with E-state index in [0.717, 1.165) is 16.9 Å². The molecule has 0 saturated carbocycles. The second-order valence-electron chi connectivity index (χ2n) is 6.26. The van der Waals surface area contributed by atoms with E-state index >= 15 is 0 Å². The van der Waals surface area contributed by atoms with Crippen LogP contribution in [0.3, 0.4) is 0 Å². The summed E-state index contributed by atoms with van der Waals surface area (Å²) < 4.78 is 24.0. The smallest absolute Gasteiger partial charge is 0.182 e. The molecular weight excluding hydrogens is 294 g/mol. The van der Waals surface area contributed by atoms with E-state index in [1.54, 1.807) is 13.3 Å². The molecule has 0 saturated heterocycles. The zero-order chi connectivity index (χ0) is 15.8. The Labute approximate surface area is 133 Å². The van der Waals surface area contributed by atoms with Crippen molar-refractivity contribution in [3.63, 3.8) is 0 Å². The van der Waals surface area contributed by atoms with Crippen LogP contribution in [0.2, 0.25) is 0 Å². The topological polar surface area (TPSA) is 49.8 Å². The van der Waals surface area contributed by atoms with Gasteiger partial charge in [0.15, 0.2) is 34.2 Å². The molecule has 2 unspecified atom stereocenters. The average molecular weight is 309 g/mol. The van der Waals surface area contributed by atoms with Crippen molar-refractivity contribution in [2.75, 3.05) is 7.11 Å². The quantitative estimate of drug-likeness (QED) is 0.809. The van der Waals surface area contributed by atoms with E-state index in [2.05, 4.69) is 4.98 Å². The Hall–Kier alpha value is -2.53. The molecular formula is C18H15NO4. The summed E-state index contributed by atoms with van der Waals surface area (Å²) in [6.07, 6.45) is 3.62. The van der Waals surface area contributed by atoms with Crippen LogP contribution in [0.25, 0.3) is 0 Å². The van der Waals surface area contributed by atoms with E-state index in [9.17, 15) is 0 Å². The van der Waals surface area contributed by atoms with Crippen molar-refractivity contribution in [3.8, 4) is 17.2 Å². The Morgan fingerprint density at radius 1 is 0.957 bits per heavy atom. The first-order valence-electron chi connectivity index (χ1n) is 7.50. The third kappa shape index (κ3) is 1.39. The highest BCUT2D eigenvalue weighted by Gasteiger charge is 2.64. The van der Waals surface area contributed by atoms with Crippen molar-refractivity contribution in [1.82, 2.24) is 4.98 Å². The molecule has 2 aromatic rings. The summed E-state index contributed by atoms with van der Waals surface area (Å²) in [6.45, 7) is 4.01. The Kier molecular flexibility index (Phi) is 2.18. The molecule has 2 atom stereocenters. The van der Waals surface area contributed by atoms with Gasteiger partial charge in [0.2, 0.25) is 0 Å². The predicted molar refractivity (Wildman–Crippen MR) is 81.3 cm³/mol. The molecule has 5 rings (SSSR count). The van der Waals surface area contributed by atoms with Gasteiger partial charge in [-0.05, 0) is 32.0 Å². The van der Waals surface area contributed by atoms with Gasteiger partial charge in [0.05, 0.1) is 7.11 Å². The molecule has 0 radical (unpaired) electrons. The zero-order valence-electron chi connectivity index (χ0n) is 13.0. The SMILES string of the molecule is COc1ccc2c(c1)OC1=C(O2)C2(C)OC1(C)c1ccncc12. The summed E-state index contributed by atoms with van der Waals surface area (Å²) >= 11 is 0. The number of ether oxygens (including phenoxy) is 4. The monoisotopic (exact) mass is 309 g/mol. The van der Waals surface area contributed by atoms with Crippen LogP contribution in [-0.4, -0.2) is 12.1 Å². The van der Waals surface area contributed by atoms with Gasteiger partial charge >= 0.3 is 0 Å². The molecule has 0 fully saturated rings. The lowest BCUT2D eigenvalue weighted by Crippen LogP contribution is -2.30. The minimum absolute atomic E-state index is 0.639. The molecule has 2 bridgehead atoms. The molecule has 0 spiro atoms. The summed E-state index contributed by atoms with van der Waals surface area (Å²) in [5.41, 5.74) is 0.763. The van der Waals surface area contributed by atoms with Gasteiger partial charge in [-0.3, -0.25) is 4.98 Å². The first-order valence-corrected chi connectivity index (χ1v) is 7.50. The molecule has 0 amide bonds. The fourth-order valence-corrected chi connectivity index (χ4v) is 3.77. The average Bonchev–Trinajstić information content (AvgIpc) is 2.96. The van der Waals surface area contributed by atoms with Crippen molar-refractivity contribution in [1.29, 1.82) is 0 Å². The second kappa shape index (κ2) is 3.86. The lowest BCUT2D eigenvalue weighted by molar-refractivity contribution is -0.0738. The number of methoxy groups -OCH3 is 1. The number of nitrogens with zero attached hydrogens (tertiary/aromatic N) is 1. The van der Waals surface area contributed by atoms with Crippen LogP contribution >= 0.6 is 0 Å². The molecule has 4 heterocycles. The highest BCUT2D eigenvalue weighted by molar-refractivity contribution is 5.59. The molecule has 3 aliphatic rings. The van der Waals surface area contributed by atoms with Crippen LogP contribution in [0.5, 0.6) is 17.2 Å². The van der Waals surface area contributed by atoms with Gasteiger partial charge in [-0.15, -0.1) is 0 Å². The predicted octanol–water partition coefficient (Wildman–Crippen LogP) is 3.25. The maximum Gasteiger partial charge on any atom is 0.182 e. The van der Waals surface area contributed by atoms with Crippen LogP contribution < -0.4 is 14.2 Å². The van der Waals surface area contributed by atoms with Gasteiger partial charge in [-0.2, -0.15) is 0 Å². The molecule has 0 aliphatic carbocycles. The Balaban J connectivity index is 1.69. The molecule has 1 aromatic carbocycles. The van der Waals surface area contributed by atoms with Crippen molar-refractivity contribution >= 4 is 0 Å². The molecule has 3 aliphatic heterocycles. The van der Waals surface area contributed by atoms with Crippen molar-refractivity contribution < 1.29 is 18.9 Å². The normalized spacial score (nSPS) is 29.3. The first-order chi connectivity index (χ1) is 11.1. The first kappa shape index (κ1) is 13.0. The molecule has 116 valence electrons. The largest absolute Gasteiger partial charge is 0.497 e. The van der Waals surface area contributed by atoms with E-state index in [0.29, 0.717) is 23.0 Å². The van der Waals surface area contributed by atoms with E-state index in [1.165, 1.54) is 0 Å². The number of benzene rings is 1. The van der Waals surface area contributed by atoms with E-state index in [-0.39, 0.29) is 0 Å². The molecule has 5 nitrogen and oxygen atoms in total. The summed E-state index contributed by atoms with van der Waals surface area (Å²) in [5.74, 6) is 3.44. The fourth-order valence-electron chi connectivity index (χ4n) is 3.77. The third-order valence-electron chi connectivity index (χ3n) is 4.90. The number of hydrogen-bond donors (Lipinski definition) is 0. The third-order valence-corrected chi connectivity index (χ3v) is 4.90. The lowest BCUT2D eigenvalue weighted by atomic mass is 9.81. The second-order valence-corrected chi connectivity index (χ2v) is 6.26. The van der Waals surface area contributed by atoms with Crippen LogP contribution in [0.1, 0.15) is 25.0 Å². The van der Waals surface area contributed by atoms with Crippen LogP contribution in [0, 0.1) is 0 Å². The maximum absolute atomic E-state index is 6.36. The maximum atomic E-state index is 6.36. The molecule has 5 heteroatoms. The number of hydrogen-bond acceptors (Lipinski definition) is 5. The summed E-state index contributed by atoms with van der Waals surface area (Å²) in [4.78, 5) is 4.24. The molecule has 23 heavy (non-hydrogen) atoms.